The van der Waals surface area contributed by atoms with Crippen LogP contribution >= 0.6 is 0 Å². The van der Waals surface area contributed by atoms with Crippen molar-refractivity contribution in [2.45, 2.75) is 50.2 Å². The van der Waals surface area contributed by atoms with Crippen LogP contribution in [0, 0.1) is 5.92 Å². The molecule has 0 spiro atoms. The van der Waals surface area contributed by atoms with E-state index in [2.05, 4.69) is 40.5 Å². The van der Waals surface area contributed by atoms with Crippen molar-refractivity contribution < 1.29 is 0 Å². The average Bonchev–Trinajstić information content (AvgIpc) is 2.93. The Kier molecular flexibility index (Phi) is 3.08. The Bertz CT molecular complexity index is 430. The summed E-state index contributed by atoms with van der Waals surface area (Å²) < 4.78 is 0. The Morgan fingerprint density at radius 3 is 2.84 bits per heavy atom. The van der Waals surface area contributed by atoms with Gasteiger partial charge in [0.05, 0.1) is 6.04 Å². The highest BCUT2D eigenvalue weighted by molar-refractivity contribution is 5.23. The molecule has 1 aromatic rings. The van der Waals surface area contributed by atoms with Crippen molar-refractivity contribution >= 4 is 0 Å². The molecule has 3 aliphatic heterocycles. The quantitative estimate of drug-likeness (QED) is 0.831. The summed E-state index contributed by atoms with van der Waals surface area (Å²) in [7, 11) is 0. The van der Waals surface area contributed by atoms with Gasteiger partial charge in [-0.1, -0.05) is 36.8 Å². The molecule has 3 fully saturated rings. The summed E-state index contributed by atoms with van der Waals surface area (Å²) in [6, 6.07) is 13.4. The topological polar surface area (TPSA) is 15.3 Å². The summed E-state index contributed by atoms with van der Waals surface area (Å²) in [4.78, 5) is 2.82. The molecule has 0 radical (unpaired) electrons. The molecule has 0 unspecified atom stereocenters. The van der Waals surface area contributed by atoms with Crippen LogP contribution in [0.15, 0.2) is 30.3 Å². The summed E-state index contributed by atoms with van der Waals surface area (Å²) in [5.41, 5.74) is 1.53. The molecule has 102 valence electrons. The van der Waals surface area contributed by atoms with E-state index in [4.69, 9.17) is 0 Å². The van der Waals surface area contributed by atoms with Crippen LogP contribution < -0.4 is 5.32 Å². The SMILES string of the molecule is c1ccc([C@H]2[C@@H]3NCC[C@H]3C[C@@H]3CCCCN32)cc1. The van der Waals surface area contributed by atoms with Gasteiger partial charge in [0.25, 0.3) is 0 Å². The Morgan fingerprint density at radius 2 is 1.95 bits per heavy atom. The molecule has 2 heteroatoms. The zero-order chi connectivity index (χ0) is 12.7. The lowest BCUT2D eigenvalue weighted by Crippen LogP contribution is -2.55. The van der Waals surface area contributed by atoms with Crippen molar-refractivity contribution in [3.05, 3.63) is 35.9 Å². The van der Waals surface area contributed by atoms with E-state index in [-0.39, 0.29) is 0 Å². The van der Waals surface area contributed by atoms with Crippen molar-refractivity contribution in [2.75, 3.05) is 13.1 Å². The van der Waals surface area contributed by atoms with Gasteiger partial charge < -0.3 is 5.32 Å². The Labute approximate surface area is 116 Å². The zero-order valence-electron chi connectivity index (χ0n) is 11.6. The van der Waals surface area contributed by atoms with Gasteiger partial charge in [-0.2, -0.15) is 0 Å². The fourth-order valence-electron chi connectivity index (χ4n) is 4.66. The fraction of sp³-hybridized carbons (Fsp3) is 0.647. The molecule has 1 N–H and O–H groups in total. The Hall–Kier alpha value is -0.860. The van der Waals surface area contributed by atoms with Crippen LogP contribution in [-0.4, -0.2) is 30.1 Å². The predicted octanol–water partition coefficient (Wildman–Crippen LogP) is 2.96. The molecule has 0 amide bonds. The van der Waals surface area contributed by atoms with Gasteiger partial charge in [0.1, 0.15) is 0 Å². The van der Waals surface area contributed by atoms with E-state index in [1.54, 1.807) is 0 Å². The van der Waals surface area contributed by atoms with Crippen molar-refractivity contribution in [3.63, 3.8) is 0 Å². The third-order valence-corrected chi connectivity index (χ3v) is 5.49. The molecule has 0 aliphatic carbocycles. The van der Waals surface area contributed by atoms with E-state index in [0.29, 0.717) is 12.1 Å². The highest BCUT2D eigenvalue weighted by Gasteiger charge is 2.45. The van der Waals surface area contributed by atoms with E-state index >= 15 is 0 Å². The van der Waals surface area contributed by atoms with Gasteiger partial charge in [0.2, 0.25) is 0 Å². The molecule has 3 saturated heterocycles. The van der Waals surface area contributed by atoms with E-state index in [9.17, 15) is 0 Å². The van der Waals surface area contributed by atoms with Crippen LogP contribution in [-0.2, 0) is 0 Å². The van der Waals surface area contributed by atoms with Crippen molar-refractivity contribution in [1.82, 2.24) is 10.2 Å². The minimum Gasteiger partial charge on any atom is -0.312 e. The second kappa shape index (κ2) is 4.92. The van der Waals surface area contributed by atoms with Crippen LogP contribution in [0.1, 0.15) is 43.7 Å². The fourth-order valence-corrected chi connectivity index (χ4v) is 4.66. The Balaban J connectivity index is 1.70. The van der Waals surface area contributed by atoms with E-state index < -0.39 is 0 Å². The summed E-state index contributed by atoms with van der Waals surface area (Å²) in [5.74, 6) is 0.907. The maximum absolute atomic E-state index is 3.80. The van der Waals surface area contributed by atoms with Crippen LogP contribution in [0.25, 0.3) is 0 Å². The second-order valence-electron chi connectivity index (χ2n) is 6.51. The first-order valence-corrected chi connectivity index (χ1v) is 7.97. The lowest BCUT2D eigenvalue weighted by atomic mass is 9.77. The summed E-state index contributed by atoms with van der Waals surface area (Å²) >= 11 is 0. The number of fused-ring (bicyclic) bond motifs is 2. The lowest BCUT2D eigenvalue weighted by Gasteiger charge is -2.50. The number of hydrogen-bond acceptors (Lipinski definition) is 2. The summed E-state index contributed by atoms with van der Waals surface area (Å²) in [6.45, 7) is 2.52. The van der Waals surface area contributed by atoms with Gasteiger partial charge in [-0.15, -0.1) is 0 Å². The number of benzene rings is 1. The minimum absolute atomic E-state index is 0.618. The number of rotatable bonds is 1. The lowest BCUT2D eigenvalue weighted by molar-refractivity contribution is 0.0117. The van der Waals surface area contributed by atoms with Crippen LogP contribution in [0.4, 0.5) is 0 Å². The second-order valence-corrected chi connectivity index (χ2v) is 6.51. The maximum atomic E-state index is 3.80. The van der Waals surface area contributed by atoms with Crippen molar-refractivity contribution in [3.8, 4) is 0 Å². The molecule has 19 heavy (non-hydrogen) atoms. The summed E-state index contributed by atoms with van der Waals surface area (Å²) in [5, 5.41) is 3.80. The van der Waals surface area contributed by atoms with Crippen molar-refractivity contribution in [2.24, 2.45) is 5.92 Å². The first kappa shape index (κ1) is 11.9. The standard InChI is InChI=1S/C17H24N2/c1-2-6-13(7-3-1)17-16-14(9-10-18-16)12-15-8-4-5-11-19(15)17/h1-3,6-7,14-18H,4-5,8-12H2/t14-,15-,16+,17-/m0/s1. The normalized spacial score (nSPS) is 38.7. The zero-order valence-corrected chi connectivity index (χ0v) is 11.6. The first-order chi connectivity index (χ1) is 9.43. The molecule has 0 saturated carbocycles. The Morgan fingerprint density at radius 1 is 1.05 bits per heavy atom. The molecule has 2 nitrogen and oxygen atoms in total. The maximum Gasteiger partial charge on any atom is 0.0506 e. The molecular formula is C17H24N2. The van der Waals surface area contributed by atoms with E-state index in [1.807, 2.05) is 0 Å². The molecule has 1 aromatic carbocycles. The van der Waals surface area contributed by atoms with Gasteiger partial charge in [0.15, 0.2) is 0 Å². The van der Waals surface area contributed by atoms with Gasteiger partial charge in [0, 0.05) is 12.1 Å². The average molecular weight is 256 g/mol. The third-order valence-electron chi connectivity index (χ3n) is 5.49. The van der Waals surface area contributed by atoms with Crippen molar-refractivity contribution in [1.29, 1.82) is 0 Å². The number of piperidine rings is 2. The molecule has 4 rings (SSSR count). The first-order valence-electron chi connectivity index (χ1n) is 7.97. The minimum atomic E-state index is 0.618. The summed E-state index contributed by atoms with van der Waals surface area (Å²) in [6.07, 6.45) is 7.07. The largest absolute Gasteiger partial charge is 0.312 e. The molecule has 4 atom stereocenters. The van der Waals surface area contributed by atoms with Gasteiger partial charge >= 0.3 is 0 Å². The van der Waals surface area contributed by atoms with Gasteiger partial charge in [-0.3, -0.25) is 4.90 Å². The van der Waals surface area contributed by atoms with E-state index in [1.165, 1.54) is 50.8 Å². The highest BCUT2D eigenvalue weighted by Crippen LogP contribution is 2.44. The third kappa shape index (κ3) is 2.02. The smallest absolute Gasteiger partial charge is 0.0506 e. The van der Waals surface area contributed by atoms with Crippen LogP contribution in [0.2, 0.25) is 0 Å². The predicted molar refractivity (Wildman–Crippen MR) is 78.0 cm³/mol. The van der Waals surface area contributed by atoms with Gasteiger partial charge in [-0.05, 0) is 50.3 Å². The highest BCUT2D eigenvalue weighted by atomic mass is 15.2. The van der Waals surface area contributed by atoms with Crippen LogP contribution in [0.5, 0.6) is 0 Å². The number of hydrogen-bond donors (Lipinski definition) is 1. The number of nitrogens with one attached hydrogen (secondary N) is 1. The monoisotopic (exact) mass is 256 g/mol. The van der Waals surface area contributed by atoms with Gasteiger partial charge in [-0.25, -0.2) is 0 Å². The molecule has 3 aliphatic rings. The van der Waals surface area contributed by atoms with E-state index in [0.717, 1.165) is 12.0 Å². The molecule has 0 aromatic heterocycles. The molecule has 0 bridgehead atoms. The molecular weight excluding hydrogens is 232 g/mol. The van der Waals surface area contributed by atoms with Crippen LogP contribution in [0.3, 0.4) is 0 Å². The number of nitrogens with zero attached hydrogens (tertiary/aromatic N) is 1. The molecule has 3 heterocycles.